The molecular weight excluding hydrogens is 302 g/mol. The average molecular weight is 318 g/mol. The minimum absolute atomic E-state index is 0.298. The van der Waals surface area contributed by atoms with Crippen molar-refractivity contribution in [2.75, 3.05) is 6.61 Å². The Morgan fingerprint density at radius 3 is 3.11 bits per heavy atom. The van der Waals surface area contributed by atoms with Crippen LogP contribution in [0.1, 0.15) is 27.2 Å². The van der Waals surface area contributed by atoms with Crippen molar-refractivity contribution >= 4 is 15.9 Å². The van der Waals surface area contributed by atoms with Crippen LogP contribution < -0.4 is 4.74 Å². The zero-order valence-corrected chi connectivity index (χ0v) is 12.5. The maximum absolute atomic E-state index is 5.54. The minimum atomic E-state index is 0.298. The fraction of sp³-hybridized carbons (Fsp3) is 0.312. The van der Waals surface area contributed by atoms with Gasteiger partial charge in [0, 0.05) is 29.6 Å². The highest BCUT2D eigenvalue weighted by atomic mass is 79.9. The summed E-state index contributed by atoms with van der Waals surface area (Å²) in [6.45, 7) is 2.92. The van der Waals surface area contributed by atoms with Crippen LogP contribution in [0.3, 0.4) is 0 Å². The number of hydrogen-bond donors (Lipinski definition) is 0. The lowest BCUT2D eigenvalue weighted by Gasteiger charge is -2.12. The number of aromatic nitrogens is 1. The molecule has 0 N–H and O–H groups in total. The summed E-state index contributed by atoms with van der Waals surface area (Å²) in [5.41, 5.74) is 5.02. The van der Waals surface area contributed by atoms with Gasteiger partial charge in [0.15, 0.2) is 0 Å². The van der Waals surface area contributed by atoms with E-state index >= 15 is 0 Å². The lowest BCUT2D eigenvalue weighted by Crippen LogP contribution is -2.00. The first-order valence-electron chi connectivity index (χ1n) is 6.54. The van der Waals surface area contributed by atoms with Gasteiger partial charge < -0.3 is 4.74 Å². The number of ether oxygens (including phenoxy) is 1. The highest BCUT2D eigenvalue weighted by Crippen LogP contribution is 2.33. The predicted octanol–water partition coefficient (Wildman–Crippen LogP) is 4.00. The first-order chi connectivity index (χ1) is 9.24. The number of fused-ring (bicyclic) bond motifs is 1. The third-order valence-corrected chi connectivity index (χ3v) is 4.42. The Hall–Kier alpha value is -1.35. The number of hydrogen-bond acceptors (Lipinski definition) is 2. The lowest BCUT2D eigenvalue weighted by molar-refractivity contribution is 0.357. The van der Waals surface area contributed by atoms with Crippen molar-refractivity contribution in [1.82, 2.24) is 4.98 Å². The van der Waals surface area contributed by atoms with Crippen LogP contribution in [0.2, 0.25) is 0 Å². The zero-order valence-electron chi connectivity index (χ0n) is 10.9. The van der Waals surface area contributed by atoms with E-state index in [-0.39, 0.29) is 0 Å². The molecule has 0 radical (unpaired) electrons. The van der Waals surface area contributed by atoms with Crippen molar-refractivity contribution in [3.63, 3.8) is 0 Å². The Bertz CT molecular complexity index is 597. The van der Waals surface area contributed by atoms with Crippen molar-refractivity contribution in [3.8, 4) is 5.75 Å². The molecule has 0 saturated carbocycles. The van der Waals surface area contributed by atoms with Gasteiger partial charge in [0.2, 0.25) is 0 Å². The second kappa shape index (κ2) is 5.33. The molecule has 19 heavy (non-hydrogen) atoms. The van der Waals surface area contributed by atoms with Crippen molar-refractivity contribution in [1.29, 1.82) is 0 Å². The number of halogens is 1. The van der Waals surface area contributed by atoms with Crippen LogP contribution in [0, 0.1) is 6.92 Å². The molecule has 1 unspecified atom stereocenters. The Kier molecular flexibility index (Phi) is 3.56. The molecule has 1 aromatic carbocycles. The summed E-state index contributed by atoms with van der Waals surface area (Å²) in [4.78, 5) is 4.76. The summed E-state index contributed by atoms with van der Waals surface area (Å²) in [6.07, 6.45) is 3.79. The van der Waals surface area contributed by atoms with Crippen molar-refractivity contribution in [3.05, 3.63) is 58.9 Å². The summed E-state index contributed by atoms with van der Waals surface area (Å²) in [5, 5.41) is 0. The zero-order chi connectivity index (χ0) is 13.2. The van der Waals surface area contributed by atoms with E-state index in [9.17, 15) is 0 Å². The number of pyridine rings is 1. The minimum Gasteiger partial charge on any atom is -0.493 e. The van der Waals surface area contributed by atoms with Gasteiger partial charge in [-0.3, -0.25) is 4.98 Å². The van der Waals surface area contributed by atoms with E-state index in [2.05, 4.69) is 52.1 Å². The lowest BCUT2D eigenvalue weighted by atomic mass is 10.0. The molecule has 3 heteroatoms. The van der Waals surface area contributed by atoms with Crippen LogP contribution in [0.25, 0.3) is 0 Å². The fourth-order valence-electron chi connectivity index (χ4n) is 2.42. The maximum Gasteiger partial charge on any atom is 0.122 e. The summed E-state index contributed by atoms with van der Waals surface area (Å²) >= 11 is 3.78. The van der Waals surface area contributed by atoms with Crippen LogP contribution in [-0.4, -0.2) is 11.6 Å². The van der Waals surface area contributed by atoms with E-state index in [1.165, 1.54) is 16.7 Å². The summed E-state index contributed by atoms with van der Waals surface area (Å²) in [6, 6.07) is 10.6. The molecule has 0 bridgehead atoms. The van der Waals surface area contributed by atoms with Crippen LogP contribution in [0.5, 0.6) is 5.75 Å². The topological polar surface area (TPSA) is 22.1 Å². The van der Waals surface area contributed by atoms with E-state index < -0.39 is 0 Å². The van der Waals surface area contributed by atoms with Gasteiger partial charge in [-0.2, -0.15) is 0 Å². The molecule has 98 valence electrons. The van der Waals surface area contributed by atoms with Crippen molar-refractivity contribution < 1.29 is 4.74 Å². The monoisotopic (exact) mass is 317 g/mol. The van der Waals surface area contributed by atoms with Gasteiger partial charge in [-0.1, -0.05) is 34.1 Å². The molecule has 2 heterocycles. The van der Waals surface area contributed by atoms with Gasteiger partial charge in [0.1, 0.15) is 5.75 Å². The fourth-order valence-corrected chi connectivity index (χ4v) is 3.01. The molecule has 1 aliphatic rings. The predicted molar refractivity (Wildman–Crippen MR) is 80.0 cm³/mol. The van der Waals surface area contributed by atoms with E-state index in [1.54, 1.807) is 0 Å². The molecule has 1 atom stereocenters. The van der Waals surface area contributed by atoms with E-state index in [1.807, 2.05) is 12.3 Å². The number of aryl methyl sites for hydroxylation is 1. The van der Waals surface area contributed by atoms with Crippen LogP contribution in [-0.2, 0) is 12.8 Å². The highest BCUT2D eigenvalue weighted by molar-refractivity contribution is 9.09. The molecule has 1 aromatic heterocycles. The van der Waals surface area contributed by atoms with Gasteiger partial charge in [0.05, 0.1) is 6.61 Å². The first kappa shape index (κ1) is 12.7. The molecule has 2 nitrogen and oxygen atoms in total. The molecule has 0 spiro atoms. The quantitative estimate of drug-likeness (QED) is 0.798. The molecule has 0 amide bonds. The van der Waals surface area contributed by atoms with Gasteiger partial charge in [0.25, 0.3) is 0 Å². The van der Waals surface area contributed by atoms with Gasteiger partial charge in [-0.05, 0) is 35.7 Å². The second-order valence-corrected chi connectivity index (χ2v) is 6.01. The Balaban J connectivity index is 1.81. The normalized spacial score (nSPS) is 14.8. The van der Waals surface area contributed by atoms with E-state index in [4.69, 9.17) is 4.74 Å². The molecular formula is C16H16BrNO. The maximum atomic E-state index is 5.54. The van der Waals surface area contributed by atoms with E-state index in [0.29, 0.717) is 4.83 Å². The largest absolute Gasteiger partial charge is 0.493 e. The number of alkyl halides is 1. The number of nitrogens with zero attached hydrogens (tertiary/aromatic N) is 1. The standard InChI is InChI=1S/C16H16BrNO/c1-11-3-2-7-18-15(11)10-14(17)12-4-5-16-13(9-12)6-8-19-16/h2-5,7,9,14H,6,8,10H2,1H3. The van der Waals surface area contributed by atoms with Crippen LogP contribution >= 0.6 is 15.9 Å². The molecule has 2 aromatic rings. The van der Waals surface area contributed by atoms with Crippen LogP contribution in [0.4, 0.5) is 0 Å². The third kappa shape index (κ3) is 2.66. The highest BCUT2D eigenvalue weighted by Gasteiger charge is 2.16. The first-order valence-corrected chi connectivity index (χ1v) is 7.46. The van der Waals surface area contributed by atoms with Gasteiger partial charge >= 0.3 is 0 Å². The Morgan fingerprint density at radius 2 is 2.26 bits per heavy atom. The number of rotatable bonds is 3. The average Bonchev–Trinajstić information content (AvgIpc) is 2.88. The van der Waals surface area contributed by atoms with Gasteiger partial charge in [-0.15, -0.1) is 0 Å². The number of benzene rings is 1. The molecule has 3 rings (SSSR count). The molecule has 1 aliphatic heterocycles. The van der Waals surface area contributed by atoms with Crippen LogP contribution in [0.15, 0.2) is 36.5 Å². The van der Waals surface area contributed by atoms with Crippen molar-refractivity contribution in [2.24, 2.45) is 0 Å². The molecule has 0 saturated heterocycles. The molecule has 0 fully saturated rings. The third-order valence-electron chi connectivity index (χ3n) is 3.57. The van der Waals surface area contributed by atoms with Crippen molar-refractivity contribution in [2.45, 2.75) is 24.6 Å². The second-order valence-electron chi connectivity index (χ2n) is 4.90. The smallest absolute Gasteiger partial charge is 0.122 e. The molecule has 0 aliphatic carbocycles. The van der Waals surface area contributed by atoms with Gasteiger partial charge in [-0.25, -0.2) is 0 Å². The Labute approximate surface area is 122 Å². The summed E-state index contributed by atoms with van der Waals surface area (Å²) < 4.78 is 5.54. The summed E-state index contributed by atoms with van der Waals surface area (Å²) in [5.74, 6) is 1.04. The SMILES string of the molecule is Cc1cccnc1CC(Br)c1ccc2c(c1)CCO2. The summed E-state index contributed by atoms with van der Waals surface area (Å²) in [7, 11) is 0. The van der Waals surface area contributed by atoms with E-state index in [0.717, 1.165) is 30.9 Å². The Morgan fingerprint density at radius 1 is 1.37 bits per heavy atom.